The first-order valence-corrected chi connectivity index (χ1v) is 8.73. The smallest absolute Gasteiger partial charge is 0.333 e. The van der Waals surface area contributed by atoms with Crippen molar-refractivity contribution in [3.05, 3.63) is 53.6 Å². The molecule has 0 saturated heterocycles. The van der Waals surface area contributed by atoms with Gasteiger partial charge in [-0.1, -0.05) is 18.2 Å². The first-order valence-electron chi connectivity index (χ1n) is 8.73. The van der Waals surface area contributed by atoms with Crippen molar-refractivity contribution in [3.8, 4) is 17.2 Å². The number of methoxy groups -OCH3 is 2. The lowest BCUT2D eigenvalue weighted by atomic mass is 10.1. The van der Waals surface area contributed by atoms with E-state index in [0.717, 1.165) is 16.9 Å². The third-order valence-corrected chi connectivity index (χ3v) is 3.89. The zero-order valence-electron chi connectivity index (χ0n) is 16.1. The number of hydrogen-bond donors (Lipinski definition) is 1. The van der Waals surface area contributed by atoms with Crippen LogP contribution in [0.4, 0.5) is 0 Å². The van der Waals surface area contributed by atoms with E-state index >= 15 is 0 Å². The molecule has 0 radical (unpaired) electrons. The predicted molar refractivity (Wildman–Crippen MR) is 102 cm³/mol. The first kappa shape index (κ1) is 20.6. The standard InChI is InChI=1S/C21H26O6/c1-14(2)27-20(21(22)23)12-15-8-9-18(25-4)19(11-15)26-13-16-6-5-7-17(10-16)24-3/h5-11,14,20H,12-13H2,1-4H3,(H,22,23). The van der Waals surface area contributed by atoms with Crippen LogP contribution < -0.4 is 14.2 Å². The van der Waals surface area contributed by atoms with Gasteiger partial charge in [-0.25, -0.2) is 4.79 Å². The Bertz CT molecular complexity index is 756. The topological polar surface area (TPSA) is 74.2 Å². The minimum Gasteiger partial charge on any atom is -0.497 e. The van der Waals surface area contributed by atoms with Gasteiger partial charge in [0.05, 0.1) is 20.3 Å². The zero-order chi connectivity index (χ0) is 19.8. The largest absolute Gasteiger partial charge is 0.497 e. The molecule has 0 bridgehead atoms. The van der Waals surface area contributed by atoms with Crippen molar-refractivity contribution in [1.82, 2.24) is 0 Å². The SMILES string of the molecule is COc1cccc(COc2cc(CC(OC(C)C)C(=O)O)ccc2OC)c1. The maximum atomic E-state index is 11.4. The van der Waals surface area contributed by atoms with Crippen molar-refractivity contribution < 1.29 is 28.8 Å². The van der Waals surface area contributed by atoms with Gasteiger partial charge in [0.1, 0.15) is 12.4 Å². The van der Waals surface area contributed by atoms with E-state index < -0.39 is 12.1 Å². The maximum Gasteiger partial charge on any atom is 0.333 e. The molecular weight excluding hydrogens is 348 g/mol. The van der Waals surface area contributed by atoms with Crippen molar-refractivity contribution in [3.63, 3.8) is 0 Å². The minimum atomic E-state index is -0.988. The molecule has 0 saturated carbocycles. The van der Waals surface area contributed by atoms with Crippen molar-refractivity contribution in [2.75, 3.05) is 14.2 Å². The third kappa shape index (κ3) is 6.18. The monoisotopic (exact) mass is 374 g/mol. The quantitative estimate of drug-likeness (QED) is 0.683. The molecular formula is C21H26O6. The average molecular weight is 374 g/mol. The van der Waals surface area contributed by atoms with E-state index in [-0.39, 0.29) is 12.5 Å². The van der Waals surface area contributed by atoms with E-state index in [9.17, 15) is 9.90 Å². The molecule has 2 aromatic carbocycles. The Kier molecular flexibility index (Phi) is 7.49. The predicted octanol–water partition coefficient (Wildman–Crippen LogP) is 3.70. The number of carboxylic acid groups (broad SMARTS) is 1. The Morgan fingerprint density at radius 3 is 2.41 bits per heavy atom. The average Bonchev–Trinajstić information content (AvgIpc) is 2.65. The van der Waals surface area contributed by atoms with Crippen molar-refractivity contribution in [1.29, 1.82) is 0 Å². The van der Waals surface area contributed by atoms with E-state index in [1.165, 1.54) is 0 Å². The highest BCUT2D eigenvalue weighted by atomic mass is 16.5. The lowest BCUT2D eigenvalue weighted by Gasteiger charge is -2.18. The Morgan fingerprint density at radius 2 is 1.78 bits per heavy atom. The highest BCUT2D eigenvalue weighted by Gasteiger charge is 2.21. The number of aliphatic carboxylic acids is 1. The Morgan fingerprint density at radius 1 is 1.00 bits per heavy atom. The van der Waals surface area contributed by atoms with Gasteiger partial charge in [-0.15, -0.1) is 0 Å². The molecule has 146 valence electrons. The summed E-state index contributed by atoms with van der Waals surface area (Å²) in [5.74, 6) is 0.898. The van der Waals surface area contributed by atoms with Crippen LogP contribution in [0.5, 0.6) is 17.2 Å². The summed E-state index contributed by atoms with van der Waals surface area (Å²) in [6.45, 7) is 3.96. The molecule has 0 heterocycles. The second-order valence-corrected chi connectivity index (χ2v) is 6.34. The molecule has 0 aliphatic heterocycles. The maximum absolute atomic E-state index is 11.4. The van der Waals surface area contributed by atoms with E-state index in [4.69, 9.17) is 18.9 Å². The fourth-order valence-electron chi connectivity index (χ4n) is 2.62. The summed E-state index contributed by atoms with van der Waals surface area (Å²) in [6.07, 6.45) is -0.842. The van der Waals surface area contributed by atoms with Crippen LogP contribution >= 0.6 is 0 Å². The number of carbonyl (C=O) groups is 1. The van der Waals surface area contributed by atoms with Crippen LogP contribution in [0, 0.1) is 0 Å². The van der Waals surface area contributed by atoms with Crippen LogP contribution in [0.1, 0.15) is 25.0 Å². The van der Waals surface area contributed by atoms with Crippen molar-refractivity contribution in [2.24, 2.45) is 0 Å². The molecule has 0 spiro atoms. The van der Waals surface area contributed by atoms with Gasteiger partial charge in [0.25, 0.3) is 0 Å². The molecule has 0 aromatic heterocycles. The van der Waals surface area contributed by atoms with Gasteiger partial charge in [0.15, 0.2) is 17.6 Å². The molecule has 1 atom stereocenters. The summed E-state index contributed by atoms with van der Waals surface area (Å²) in [5.41, 5.74) is 1.75. The summed E-state index contributed by atoms with van der Waals surface area (Å²) in [5, 5.41) is 9.36. The van der Waals surface area contributed by atoms with Gasteiger partial charge in [-0.05, 0) is 49.2 Å². The Hall–Kier alpha value is -2.73. The Labute approximate surface area is 159 Å². The lowest BCUT2D eigenvalue weighted by molar-refractivity contribution is -0.153. The lowest BCUT2D eigenvalue weighted by Crippen LogP contribution is -2.29. The van der Waals surface area contributed by atoms with Gasteiger partial charge in [-0.2, -0.15) is 0 Å². The second-order valence-electron chi connectivity index (χ2n) is 6.34. The van der Waals surface area contributed by atoms with Crippen LogP contribution in [-0.2, 0) is 22.6 Å². The normalized spacial score (nSPS) is 11.9. The van der Waals surface area contributed by atoms with Gasteiger partial charge < -0.3 is 24.1 Å². The summed E-state index contributed by atoms with van der Waals surface area (Å²) in [7, 11) is 3.18. The molecule has 0 aliphatic carbocycles. The summed E-state index contributed by atoms with van der Waals surface area (Å²) >= 11 is 0. The second kappa shape index (κ2) is 9.83. The molecule has 6 heteroatoms. The highest BCUT2D eigenvalue weighted by molar-refractivity contribution is 5.72. The van der Waals surface area contributed by atoms with Crippen LogP contribution in [0.15, 0.2) is 42.5 Å². The number of hydrogen-bond acceptors (Lipinski definition) is 5. The molecule has 27 heavy (non-hydrogen) atoms. The summed E-state index contributed by atoms with van der Waals surface area (Å²) in [6, 6.07) is 13.0. The molecule has 6 nitrogen and oxygen atoms in total. The van der Waals surface area contributed by atoms with Crippen LogP contribution in [-0.4, -0.2) is 37.5 Å². The summed E-state index contributed by atoms with van der Waals surface area (Å²) < 4.78 is 22.0. The number of benzene rings is 2. The van der Waals surface area contributed by atoms with Crippen LogP contribution in [0.3, 0.4) is 0 Å². The molecule has 1 N–H and O–H groups in total. The fourth-order valence-corrected chi connectivity index (χ4v) is 2.62. The molecule has 1 unspecified atom stereocenters. The zero-order valence-corrected chi connectivity index (χ0v) is 16.1. The Balaban J connectivity index is 2.15. The number of ether oxygens (including phenoxy) is 4. The van der Waals surface area contributed by atoms with E-state index in [1.807, 2.05) is 44.2 Å². The van der Waals surface area contributed by atoms with Crippen LogP contribution in [0.25, 0.3) is 0 Å². The van der Waals surface area contributed by atoms with Gasteiger partial charge in [0.2, 0.25) is 0 Å². The molecule has 0 aliphatic rings. The molecule has 2 aromatic rings. The molecule has 2 rings (SSSR count). The van der Waals surface area contributed by atoms with Gasteiger partial charge in [0, 0.05) is 6.42 Å². The van der Waals surface area contributed by atoms with E-state index in [1.54, 1.807) is 26.4 Å². The van der Waals surface area contributed by atoms with E-state index in [2.05, 4.69) is 0 Å². The van der Waals surface area contributed by atoms with Gasteiger partial charge in [-0.3, -0.25) is 0 Å². The first-order chi connectivity index (χ1) is 12.9. The summed E-state index contributed by atoms with van der Waals surface area (Å²) in [4.78, 5) is 11.4. The van der Waals surface area contributed by atoms with E-state index in [0.29, 0.717) is 18.1 Å². The fraction of sp³-hybridized carbons (Fsp3) is 0.381. The number of carboxylic acids is 1. The molecule has 0 amide bonds. The van der Waals surface area contributed by atoms with Gasteiger partial charge >= 0.3 is 5.97 Å². The van der Waals surface area contributed by atoms with Crippen molar-refractivity contribution in [2.45, 2.75) is 39.1 Å². The van der Waals surface area contributed by atoms with Crippen LogP contribution in [0.2, 0.25) is 0 Å². The third-order valence-electron chi connectivity index (χ3n) is 3.89. The minimum absolute atomic E-state index is 0.173. The highest BCUT2D eigenvalue weighted by Crippen LogP contribution is 2.30. The van der Waals surface area contributed by atoms with Crippen molar-refractivity contribution >= 4 is 5.97 Å². The molecule has 0 fully saturated rings. The number of rotatable bonds is 10.